The average Bonchev–Trinajstić information content (AvgIpc) is 2.55. The smallest absolute Gasteiger partial charge is 0.248 e. The molecular weight excluding hydrogens is 290 g/mol. The van der Waals surface area contributed by atoms with E-state index in [1.165, 1.54) is 0 Å². The molecule has 0 spiro atoms. The molecule has 2 aromatic carbocycles. The van der Waals surface area contributed by atoms with Gasteiger partial charge >= 0.3 is 0 Å². The first-order valence-corrected chi connectivity index (χ1v) is 7.00. The second kappa shape index (κ2) is 5.81. The van der Waals surface area contributed by atoms with E-state index < -0.39 is 5.91 Å². The zero-order chi connectivity index (χ0) is 16.4. The Labute approximate surface area is 133 Å². The minimum absolute atomic E-state index is 0.156. The quantitative estimate of drug-likeness (QED) is 0.692. The summed E-state index contributed by atoms with van der Waals surface area (Å²) in [4.78, 5) is 15.5. The Balaban J connectivity index is 2.11. The summed E-state index contributed by atoms with van der Waals surface area (Å²) in [5.41, 5.74) is 14.8. The van der Waals surface area contributed by atoms with E-state index in [1.54, 1.807) is 42.6 Å². The Kier molecular flexibility index (Phi) is 3.68. The number of aromatic nitrogens is 1. The number of aromatic hydroxyl groups is 1. The molecule has 3 aromatic rings. The predicted molar refractivity (Wildman–Crippen MR) is 89.7 cm³/mol. The fourth-order valence-electron chi connectivity index (χ4n) is 2.39. The Morgan fingerprint density at radius 3 is 2.43 bits per heavy atom. The minimum Gasteiger partial charge on any atom is -0.508 e. The standard InChI is InChI=1S/C18H15N3O2/c19-17-16(12-4-2-6-15(22)8-12)9-14(10-21-17)11-3-1-5-13(7-11)18(20)23/h1-10,22H,(H2,19,21)(H2,20,23). The van der Waals surface area contributed by atoms with Crippen LogP contribution in [0, 0.1) is 0 Å². The minimum atomic E-state index is -0.483. The number of rotatable bonds is 3. The first-order valence-electron chi connectivity index (χ1n) is 7.00. The molecule has 5 N–H and O–H groups in total. The number of phenols is 1. The molecular formula is C18H15N3O2. The van der Waals surface area contributed by atoms with Gasteiger partial charge in [0, 0.05) is 22.9 Å². The van der Waals surface area contributed by atoms with Crippen LogP contribution in [-0.4, -0.2) is 16.0 Å². The number of carbonyl (C=O) groups is 1. The molecule has 1 aromatic heterocycles. The number of benzene rings is 2. The van der Waals surface area contributed by atoms with Gasteiger partial charge in [-0.05, 0) is 41.5 Å². The van der Waals surface area contributed by atoms with E-state index in [0.717, 1.165) is 16.7 Å². The van der Waals surface area contributed by atoms with Crippen LogP contribution in [0.25, 0.3) is 22.3 Å². The molecule has 0 fully saturated rings. The van der Waals surface area contributed by atoms with Gasteiger partial charge in [0.1, 0.15) is 11.6 Å². The zero-order valence-corrected chi connectivity index (χ0v) is 12.2. The number of primary amides is 1. The number of phenolic OH excluding ortho intramolecular Hbond substituents is 1. The number of amides is 1. The third kappa shape index (κ3) is 2.98. The number of nitrogens with two attached hydrogens (primary N) is 2. The topological polar surface area (TPSA) is 102 Å². The molecule has 1 amide bonds. The van der Waals surface area contributed by atoms with E-state index in [-0.39, 0.29) is 5.75 Å². The van der Waals surface area contributed by atoms with Gasteiger partial charge in [-0.25, -0.2) is 4.98 Å². The van der Waals surface area contributed by atoms with Gasteiger partial charge in [-0.3, -0.25) is 4.79 Å². The molecule has 0 radical (unpaired) electrons. The lowest BCUT2D eigenvalue weighted by atomic mass is 9.99. The molecule has 1 heterocycles. The van der Waals surface area contributed by atoms with E-state index in [1.807, 2.05) is 18.2 Å². The second-order valence-corrected chi connectivity index (χ2v) is 5.15. The molecule has 0 bridgehead atoms. The summed E-state index contributed by atoms with van der Waals surface area (Å²) < 4.78 is 0. The summed E-state index contributed by atoms with van der Waals surface area (Å²) in [5, 5.41) is 9.64. The lowest BCUT2D eigenvalue weighted by Crippen LogP contribution is -2.10. The molecule has 5 heteroatoms. The van der Waals surface area contributed by atoms with Crippen LogP contribution in [0.1, 0.15) is 10.4 Å². The van der Waals surface area contributed by atoms with Crippen molar-refractivity contribution in [1.82, 2.24) is 4.98 Å². The van der Waals surface area contributed by atoms with Gasteiger partial charge in [0.25, 0.3) is 0 Å². The maximum absolute atomic E-state index is 11.3. The molecule has 0 aliphatic heterocycles. The highest BCUT2D eigenvalue weighted by Crippen LogP contribution is 2.31. The monoisotopic (exact) mass is 305 g/mol. The number of nitrogens with zero attached hydrogens (tertiary/aromatic N) is 1. The van der Waals surface area contributed by atoms with Crippen molar-refractivity contribution in [2.75, 3.05) is 5.73 Å². The SMILES string of the molecule is NC(=O)c1cccc(-c2cnc(N)c(-c3cccc(O)c3)c2)c1. The Hall–Kier alpha value is -3.34. The van der Waals surface area contributed by atoms with Crippen molar-refractivity contribution in [2.24, 2.45) is 5.73 Å². The lowest BCUT2D eigenvalue weighted by molar-refractivity contribution is 0.100. The molecule has 0 unspecified atom stereocenters. The number of carbonyl (C=O) groups excluding carboxylic acids is 1. The van der Waals surface area contributed by atoms with Crippen LogP contribution in [0.2, 0.25) is 0 Å². The fraction of sp³-hybridized carbons (Fsp3) is 0. The van der Waals surface area contributed by atoms with Crippen LogP contribution in [-0.2, 0) is 0 Å². The van der Waals surface area contributed by atoms with E-state index in [0.29, 0.717) is 16.9 Å². The highest BCUT2D eigenvalue weighted by atomic mass is 16.3. The third-order valence-electron chi connectivity index (χ3n) is 3.56. The summed E-state index contributed by atoms with van der Waals surface area (Å²) in [5.74, 6) is 0.0388. The van der Waals surface area contributed by atoms with Crippen LogP contribution in [0.3, 0.4) is 0 Å². The van der Waals surface area contributed by atoms with E-state index in [9.17, 15) is 9.90 Å². The molecule has 114 valence electrons. The number of pyridine rings is 1. The number of hydrogen-bond acceptors (Lipinski definition) is 4. The average molecular weight is 305 g/mol. The van der Waals surface area contributed by atoms with Crippen molar-refractivity contribution in [2.45, 2.75) is 0 Å². The Morgan fingerprint density at radius 2 is 1.70 bits per heavy atom. The second-order valence-electron chi connectivity index (χ2n) is 5.15. The lowest BCUT2D eigenvalue weighted by Gasteiger charge is -2.09. The first-order chi connectivity index (χ1) is 11.0. The van der Waals surface area contributed by atoms with E-state index in [2.05, 4.69) is 4.98 Å². The van der Waals surface area contributed by atoms with E-state index in [4.69, 9.17) is 11.5 Å². The summed E-state index contributed by atoms with van der Waals surface area (Å²) in [7, 11) is 0. The highest BCUT2D eigenvalue weighted by Gasteiger charge is 2.09. The summed E-state index contributed by atoms with van der Waals surface area (Å²) >= 11 is 0. The van der Waals surface area contributed by atoms with Gasteiger partial charge in [-0.15, -0.1) is 0 Å². The molecule has 3 rings (SSSR count). The van der Waals surface area contributed by atoms with Crippen LogP contribution in [0.15, 0.2) is 60.8 Å². The van der Waals surface area contributed by atoms with Crippen molar-refractivity contribution in [1.29, 1.82) is 0 Å². The highest BCUT2D eigenvalue weighted by molar-refractivity contribution is 5.94. The maximum atomic E-state index is 11.3. The van der Waals surface area contributed by atoms with Crippen LogP contribution >= 0.6 is 0 Å². The number of nitrogen functional groups attached to an aromatic ring is 1. The van der Waals surface area contributed by atoms with Crippen LogP contribution < -0.4 is 11.5 Å². The molecule has 0 saturated heterocycles. The van der Waals surface area contributed by atoms with Gasteiger partial charge in [-0.1, -0.05) is 24.3 Å². The van der Waals surface area contributed by atoms with Gasteiger partial charge in [0.05, 0.1) is 0 Å². The summed E-state index contributed by atoms with van der Waals surface area (Å²) in [6, 6.07) is 15.7. The number of hydrogen-bond donors (Lipinski definition) is 3. The van der Waals surface area contributed by atoms with Crippen molar-refractivity contribution >= 4 is 11.7 Å². The molecule has 0 aliphatic rings. The normalized spacial score (nSPS) is 10.4. The summed E-state index contributed by atoms with van der Waals surface area (Å²) in [6.45, 7) is 0. The molecule has 0 aliphatic carbocycles. The van der Waals surface area contributed by atoms with Crippen molar-refractivity contribution in [3.8, 4) is 28.0 Å². The first kappa shape index (κ1) is 14.6. The summed E-state index contributed by atoms with van der Waals surface area (Å²) in [6.07, 6.45) is 1.64. The van der Waals surface area contributed by atoms with Crippen LogP contribution in [0.5, 0.6) is 5.75 Å². The van der Waals surface area contributed by atoms with Gasteiger partial charge in [0.15, 0.2) is 0 Å². The largest absolute Gasteiger partial charge is 0.508 e. The predicted octanol–water partition coefficient (Wildman–Crippen LogP) is 2.80. The van der Waals surface area contributed by atoms with Crippen molar-refractivity contribution < 1.29 is 9.90 Å². The van der Waals surface area contributed by atoms with Gasteiger partial charge in [0.2, 0.25) is 5.91 Å². The van der Waals surface area contributed by atoms with Gasteiger partial charge in [-0.2, -0.15) is 0 Å². The van der Waals surface area contributed by atoms with Crippen LogP contribution in [0.4, 0.5) is 5.82 Å². The van der Waals surface area contributed by atoms with E-state index >= 15 is 0 Å². The molecule has 0 saturated carbocycles. The third-order valence-corrected chi connectivity index (χ3v) is 3.56. The fourth-order valence-corrected chi connectivity index (χ4v) is 2.39. The molecule has 5 nitrogen and oxygen atoms in total. The number of anilines is 1. The Bertz CT molecular complexity index is 891. The maximum Gasteiger partial charge on any atom is 0.248 e. The van der Waals surface area contributed by atoms with Crippen molar-refractivity contribution in [3.05, 3.63) is 66.4 Å². The van der Waals surface area contributed by atoms with Gasteiger partial charge < -0.3 is 16.6 Å². The molecule has 23 heavy (non-hydrogen) atoms. The van der Waals surface area contributed by atoms with Crippen molar-refractivity contribution in [3.63, 3.8) is 0 Å². The Morgan fingerprint density at radius 1 is 0.957 bits per heavy atom. The zero-order valence-electron chi connectivity index (χ0n) is 12.2. The molecule has 0 atom stereocenters.